The first-order chi connectivity index (χ1) is 10.7. The maximum Gasteiger partial charge on any atom is 0.410 e. The number of amides is 1. The highest BCUT2D eigenvalue weighted by Gasteiger charge is 2.30. The summed E-state index contributed by atoms with van der Waals surface area (Å²) in [5, 5.41) is 0. The van der Waals surface area contributed by atoms with Crippen LogP contribution < -0.4 is 0 Å². The highest BCUT2D eigenvalue weighted by Crippen LogP contribution is 2.16. The van der Waals surface area contributed by atoms with Crippen LogP contribution in [0.2, 0.25) is 0 Å². The molecule has 1 atom stereocenters. The third-order valence-electron chi connectivity index (χ3n) is 3.97. The summed E-state index contributed by atoms with van der Waals surface area (Å²) in [6, 6.07) is 8.89. The minimum absolute atomic E-state index is 0.190. The number of hydrogen-bond donors (Lipinski definition) is 0. The number of nitrogens with zero attached hydrogens (tertiary/aromatic N) is 2. The second kappa shape index (κ2) is 7.83. The largest absolute Gasteiger partial charge is 0.444 e. The van der Waals surface area contributed by atoms with Crippen LogP contribution in [0.5, 0.6) is 0 Å². The average molecular weight is 430 g/mol. The van der Waals surface area contributed by atoms with E-state index in [0.29, 0.717) is 0 Å². The van der Waals surface area contributed by atoms with Crippen LogP contribution in [0.3, 0.4) is 0 Å². The van der Waals surface area contributed by atoms with Gasteiger partial charge in [0, 0.05) is 35.8 Å². The molecule has 128 valence electrons. The number of hydrogen-bond acceptors (Lipinski definition) is 3. The number of carbonyl (C=O) groups is 1. The summed E-state index contributed by atoms with van der Waals surface area (Å²) in [6.45, 7) is 11.4. The molecule has 0 N–H and O–H groups in total. The Balaban J connectivity index is 1.81. The van der Waals surface area contributed by atoms with Gasteiger partial charge < -0.3 is 9.64 Å². The molecule has 0 saturated carbocycles. The van der Waals surface area contributed by atoms with E-state index >= 15 is 0 Å². The van der Waals surface area contributed by atoms with Crippen LogP contribution >= 0.6 is 22.6 Å². The Morgan fingerprint density at radius 3 is 2.48 bits per heavy atom. The zero-order valence-electron chi connectivity index (χ0n) is 14.5. The molecule has 1 fully saturated rings. The van der Waals surface area contributed by atoms with Gasteiger partial charge in [-0.15, -0.1) is 0 Å². The van der Waals surface area contributed by atoms with Crippen LogP contribution in [-0.2, 0) is 11.2 Å². The summed E-state index contributed by atoms with van der Waals surface area (Å²) in [4.78, 5) is 16.5. The smallest absolute Gasteiger partial charge is 0.410 e. The van der Waals surface area contributed by atoms with E-state index in [-0.39, 0.29) is 12.1 Å². The molecule has 1 aromatic carbocycles. The molecule has 2 rings (SSSR count). The minimum Gasteiger partial charge on any atom is -0.444 e. The highest BCUT2D eigenvalue weighted by molar-refractivity contribution is 14.1. The van der Waals surface area contributed by atoms with Crippen molar-refractivity contribution in [2.75, 3.05) is 26.2 Å². The van der Waals surface area contributed by atoms with Gasteiger partial charge in [0.15, 0.2) is 0 Å². The van der Waals surface area contributed by atoms with Gasteiger partial charge in [-0.2, -0.15) is 0 Å². The summed E-state index contributed by atoms with van der Waals surface area (Å²) in [7, 11) is 0. The van der Waals surface area contributed by atoms with E-state index in [4.69, 9.17) is 4.74 Å². The first-order valence-electron chi connectivity index (χ1n) is 8.21. The topological polar surface area (TPSA) is 32.8 Å². The molecule has 0 radical (unpaired) electrons. The van der Waals surface area contributed by atoms with Crippen molar-refractivity contribution in [1.29, 1.82) is 0 Å². The fourth-order valence-electron chi connectivity index (χ4n) is 2.77. The van der Waals surface area contributed by atoms with Crippen LogP contribution in [-0.4, -0.2) is 53.7 Å². The van der Waals surface area contributed by atoms with Crippen LogP contribution in [0.15, 0.2) is 24.3 Å². The number of halogens is 1. The van der Waals surface area contributed by atoms with Gasteiger partial charge in [-0.05, 0) is 74.4 Å². The number of ether oxygens (including phenoxy) is 1. The van der Waals surface area contributed by atoms with Gasteiger partial charge in [-0.25, -0.2) is 4.79 Å². The first-order valence-corrected chi connectivity index (χ1v) is 9.29. The monoisotopic (exact) mass is 430 g/mol. The van der Waals surface area contributed by atoms with Gasteiger partial charge >= 0.3 is 6.09 Å². The Labute approximate surface area is 153 Å². The van der Waals surface area contributed by atoms with E-state index < -0.39 is 5.60 Å². The SMILES string of the molecule is CC1CN(CCc2ccc(I)cc2)CCN1C(=O)OC(C)(C)C. The Hall–Kier alpha value is -0.820. The molecule has 1 saturated heterocycles. The van der Waals surface area contributed by atoms with E-state index in [0.717, 1.165) is 32.6 Å². The molecule has 0 aromatic heterocycles. The molecule has 0 aliphatic carbocycles. The van der Waals surface area contributed by atoms with Gasteiger partial charge in [-0.3, -0.25) is 4.90 Å². The summed E-state index contributed by atoms with van der Waals surface area (Å²) in [5.41, 5.74) is 0.936. The van der Waals surface area contributed by atoms with Crippen molar-refractivity contribution in [1.82, 2.24) is 9.80 Å². The third kappa shape index (κ3) is 5.95. The predicted octanol–water partition coefficient (Wildman–Crippen LogP) is 3.77. The molecule has 1 heterocycles. The van der Waals surface area contributed by atoms with Crippen LogP contribution in [0.25, 0.3) is 0 Å². The number of carbonyl (C=O) groups excluding carboxylic acids is 1. The third-order valence-corrected chi connectivity index (χ3v) is 4.69. The molecule has 0 bridgehead atoms. The van der Waals surface area contributed by atoms with E-state index in [2.05, 4.69) is 58.7 Å². The molecule has 0 spiro atoms. The van der Waals surface area contributed by atoms with E-state index in [1.807, 2.05) is 25.7 Å². The van der Waals surface area contributed by atoms with Gasteiger partial charge in [0.25, 0.3) is 0 Å². The Morgan fingerprint density at radius 2 is 1.91 bits per heavy atom. The molecule has 1 aromatic rings. The van der Waals surface area contributed by atoms with Crippen molar-refractivity contribution in [3.63, 3.8) is 0 Å². The number of rotatable bonds is 3. The maximum absolute atomic E-state index is 12.2. The van der Waals surface area contributed by atoms with Crippen LogP contribution in [0.4, 0.5) is 4.79 Å². The lowest BCUT2D eigenvalue weighted by atomic mass is 10.1. The predicted molar refractivity (Wildman–Crippen MR) is 102 cm³/mol. The Kier molecular flexibility index (Phi) is 6.31. The van der Waals surface area contributed by atoms with Crippen LogP contribution in [0.1, 0.15) is 33.3 Å². The van der Waals surface area contributed by atoms with Crippen molar-refractivity contribution in [2.45, 2.75) is 45.8 Å². The van der Waals surface area contributed by atoms with Gasteiger partial charge in [0.05, 0.1) is 0 Å². The summed E-state index contributed by atoms with van der Waals surface area (Å²) in [6.07, 6.45) is 0.859. The average Bonchev–Trinajstić information content (AvgIpc) is 2.45. The van der Waals surface area contributed by atoms with Crippen molar-refractivity contribution in [2.24, 2.45) is 0 Å². The Bertz CT molecular complexity index is 525. The molecule has 4 nitrogen and oxygen atoms in total. The first kappa shape index (κ1) is 18.5. The lowest BCUT2D eigenvalue weighted by Gasteiger charge is -2.40. The highest BCUT2D eigenvalue weighted by atomic mass is 127. The standard InChI is InChI=1S/C18H27IN2O2/c1-14-13-20(10-9-15-5-7-16(19)8-6-15)11-12-21(14)17(22)23-18(2,3)4/h5-8,14H,9-13H2,1-4H3. The van der Waals surface area contributed by atoms with Crippen molar-refractivity contribution < 1.29 is 9.53 Å². The molecule has 1 amide bonds. The molecular weight excluding hydrogens is 403 g/mol. The van der Waals surface area contributed by atoms with Crippen LogP contribution in [0, 0.1) is 3.57 Å². The fourth-order valence-corrected chi connectivity index (χ4v) is 3.13. The second-order valence-electron chi connectivity index (χ2n) is 7.20. The van der Waals surface area contributed by atoms with Gasteiger partial charge in [0.1, 0.15) is 5.60 Å². The fraction of sp³-hybridized carbons (Fsp3) is 0.611. The van der Waals surface area contributed by atoms with Crippen molar-refractivity contribution in [3.8, 4) is 0 Å². The van der Waals surface area contributed by atoms with E-state index in [1.165, 1.54) is 9.13 Å². The Morgan fingerprint density at radius 1 is 1.26 bits per heavy atom. The lowest BCUT2D eigenvalue weighted by Crippen LogP contribution is -2.55. The molecule has 23 heavy (non-hydrogen) atoms. The maximum atomic E-state index is 12.2. The second-order valence-corrected chi connectivity index (χ2v) is 8.45. The molecule has 5 heteroatoms. The zero-order chi connectivity index (χ0) is 17.0. The molecule has 1 aliphatic rings. The van der Waals surface area contributed by atoms with Crippen molar-refractivity contribution in [3.05, 3.63) is 33.4 Å². The van der Waals surface area contributed by atoms with E-state index in [1.54, 1.807) is 0 Å². The number of benzene rings is 1. The normalized spacial score (nSPS) is 19.7. The number of piperazine rings is 1. The zero-order valence-corrected chi connectivity index (χ0v) is 16.7. The quantitative estimate of drug-likeness (QED) is 0.685. The molecule has 1 unspecified atom stereocenters. The minimum atomic E-state index is -0.432. The summed E-state index contributed by atoms with van der Waals surface area (Å²) in [5.74, 6) is 0. The van der Waals surface area contributed by atoms with Gasteiger partial charge in [0.2, 0.25) is 0 Å². The lowest BCUT2D eigenvalue weighted by molar-refractivity contribution is 0.00163. The van der Waals surface area contributed by atoms with Gasteiger partial charge in [-0.1, -0.05) is 12.1 Å². The summed E-state index contributed by atoms with van der Waals surface area (Å²) >= 11 is 2.33. The van der Waals surface area contributed by atoms with E-state index in [9.17, 15) is 4.79 Å². The van der Waals surface area contributed by atoms with Crippen molar-refractivity contribution >= 4 is 28.7 Å². The molecular formula is C18H27IN2O2. The summed E-state index contributed by atoms with van der Waals surface area (Å²) < 4.78 is 6.76. The molecule has 1 aliphatic heterocycles.